The van der Waals surface area contributed by atoms with Crippen molar-refractivity contribution < 1.29 is 5.11 Å². The van der Waals surface area contributed by atoms with Crippen molar-refractivity contribution in [1.29, 1.82) is 0 Å². The summed E-state index contributed by atoms with van der Waals surface area (Å²) in [6, 6.07) is 10.6. The Morgan fingerprint density at radius 2 is 1.76 bits per heavy atom. The quantitative estimate of drug-likeness (QED) is 0.707. The summed E-state index contributed by atoms with van der Waals surface area (Å²) in [7, 11) is -1.13. The van der Waals surface area contributed by atoms with Gasteiger partial charge in [0.15, 0.2) is 0 Å². The Kier molecular flexibility index (Phi) is 7.36. The molecule has 0 heterocycles. The van der Waals surface area contributed by atoms with E-state index >= 15 is 0 Å². The molecule has 1 aromatic carbocycles. The summed E-state index contributed by atoms with van der Waals surface area (Å²) in [5.41, 5.74) is 3.56. The van der Waals surface area contributed by atoms with Gasteiger partial charge >= 0.3 is 0 Å². The van der Waals surface area contributed by atoms with E-state index in [4.69, 9.17) is 0 Å². The van der Waals surface area contributed by atoms with Gasteiger partial charge in [-0.1, -0.05) is 75.6 Å². The first-order valence-electron chi connectivity index (χ1n) is 7.93. The Balaban J connectivity index is 2.71. The van der Waals surface area contributed by atoms with E-state index in [9.17, 15) is 5.11 Å². The highest BCUT2D eigenvalue weighted by Crippen LogP contribution is 2.17. The SMILES string of the molecule is CC(C)[C@@H](C/C=C/[Si](C)(C)C)N[C@@H](CO)c1ccccc1. The fourth-order valence-electron chi connectivity index (χ4n) is 2.30. The summed E-state index contributed by atoms with van der Waals surface area (Å²) >= 11 is 0. The summed E-state index contributed by atoms with van der Waals surface area (Å²) in [4.78, 5) is 0. The number of nitrogens with one attached hydrogen (secondary N) is 1. The number of hydrogen-bond donors (Lipinski definition) is 2. The first kappa shape index (κ1) is 18.1. The largest absolute Gasteiger partial charge is 0.394 e. The Hall–Kier alpha value is -0.903. The molecule has 1 rings (SSSR count). The predicted molar refractivity (Wildman–Crippen MR) is 95.1 cm³/mol. The van der Waals surface area contributed by atoms with Gasteiger partial charge in [0.2, 0.25) is 0 Å². The van der Waals surface area contributed by atoms with E-state index in [1.165, 1.54) is 0 Å². The van der Waals surface area contributed by atoms with Gasteiger partial charge in [0.1, 0.15) is 0 Å². The molecule has 0 saturated heterocycles. The van der Waals surface area contributed by atoms with Crippen LogP contribution in [0.25, 0.3) is 0 Å². The normalized spacial score (nSPS) is 15.6. The van der Waals surface area contributed by atoms with E-state index < -0.39 is 8.07 Å². The summed E-state index contributed by atoms with van der Waals surface area (Å²) < 4.78 is 0. The van der Waals surface area contributed by atoms with E-state index in [0.29, 0.717) is 12.0 Å². The van der Waals surface area contributed by atoms with Crippen LogP contribution in [0.15, 0.2) is 42.1 Å². The van der Waals surface area contributed by atoms with Crippen LogP contribution in [0.4, 0.5) is 0 Å². The van der Waals surface area contributed by atoms with Gasteiger partial charge in [0, 0.05) is 6.04 Å². The van der Waals surface area contributed by atoms with Gasteiger partial charge in [-0.15, -0.1) is 0 Å². The van der Waals surface area contributed by atoms with E-state index in [1.54, 1.807) is 0 Å². The summed E-state index contributed by atoms with van der Waals surface area (Å²) in [6.07, 6.45) is 3.34. The fraction of sp³-hybridized carbons (Fsp3) is 0.556. The highest BCUT2D eigenvalue weighted by atomic mass is 28.3. The zero-order valence-corrected chi connectivity index (χ0v) is 15.1. The van der Waals surface area contributed by atoms with Gasteiger partial charge in [-0.05, 0) is 17.9 Å². The molecule has 118 valence electrons. The minimum Gasteiger partial charge on any atom is -0.394 e. The standard InChI is InChI=1S/C18H31NOSi/c1-15(2)17(12-9-13-21(3,4)5)19-18(14-20)16-10-7-6-8-11-16/h6-11,13,15,17-20H,12,14H2,1-5H3/b13-9+/t17-,18+/m1/s1. The minimum absolute atomic E-state index is 0.0129. The third-order valence-corrected chi connectivity index (χ3v) is 4.85. The molecule has 0 aliphatic heterocycles. The second kappa shape index (κ2) is 8.52. The van der Waals surface area contributed by atoms with Crippen molar-refractivity contribution in [3.05, 3.63) is 47.7 Å². The van der Waals surface area contributed by atoms with E-state index in [0.717, 1.165) is 12.0 Å². The zero-order valence-electron chi connectivity index (χ0n) is 14.1. The van der Waals surface area contributed by atoms with Gasteiger partial charge in [0.05, 0.1) is 20.7 Å². The molecule has 0 aliphatic rings. The van der Waals surface area contributed by atoms with Crippen molar-refractivity contribution >= 4 is 8.07 Å². The van der Waals surface area contributed by atoms with Crippen molar-refractivity contribution in [2.45, 2.75) is 52.0 Å². The lowest BCUT2D eigenvalue weighted by atomic mass is 9.98. The second-order valence-electron chi connectivity index (χ2n) is 7.17. The Morgan fingerprint density at radius 1 is 1.14 bits per heavy atom. The number of aliphatic hydroxyl groups is 1. The van der Waals surface area contributed by atoms with Crippen molar-refractivity contribution in [3.63, 3.8) is 0 Å². The molecule has 1 aromatic rings. The maximum atomic E-state index is 9.69. The first-order valence-corrected chi connectivity index (χ1v) is 11.5. The van der Waals surface area contributed by atoms with Crippen LogP contribution in [-0.2, 0) is 0 Å². The molecule has 0 aromatic heterocycles. The first-order chi connectivity index (χ1) is 9.83. The number of rotatable bonds is 8. The molecule has 0 unspecified atom stereocenters. The zero-order chi connectivity index (χ0) is 15.9. The van der Waals surface area contributed by atoms with E-state index in [-0.39, 0.29) is 12.6 Å². The lowest BCUT2D eigenvalue weighted by Crippen LogP contribution is -2.38. The molecule has 0 fully saturated rings. The van der Waals surface area contributed by atoms with Crippen LogP contribution in [0.5, 0.6) is 0 Å². The second-order valence-corrected chi connectivity index (χ2v) is 12.2. The Labute approximate surface area is 131 Å². The maximum absolute atomic E-state index is 9.69. The Morgan fingerprint density at radius 3 is 2.24 bits per heavy atom. The van der Waals surface area contributed by atoms with Gasteiger partial charge in [-0.3, -0.25) is 0 Å². The molecule has 21 heavy (non-hydrogen) atoms. The highest BCUT2D eigenvalue weighted by Gasteiger charge is 2.18. The van der Waals surface area contributed by atoms with Crippen molar-refractivity contribution in [2.75, 3.05) is 6.61 Å². The molecule has 0 amide bonds. The smallest absolute Gasteiger partial charge is 0.0682 e. The highest BCUT2D eigenvalue weighted by molar-refractivity contribution is 6.80. The molecule has 2 nitrogen and oxygen atoms in total. The van der Waals surface area contributed by atoms with Crippen LogP contribution in [-0.4, -0.2) is 25.8 Å². The maximum Gasteiger partial charge on any atom is 0.0682 e. The Bertz CT molecular complexity index is 423. The predicted octanol–water partition coefficient (Wildman–Crippen LogP) is 4.16. The van der Waals surface area contributed by atoms with Gasteiger partial charge in [-0.25, -0.2) is 0 Å². The van der Waals surface area contributed by atoms with Gasteiger partial charge < -0.3 is 10.4 Å². The van der Waals surface area contributed by atoms with Crippen molar-refractivity contribution in [1.82, 2.24) is 5.32 Å². The fourth-order valence-corrected chi connectivity index (χ4v) is 3.14. The molecule has 0 aliphatic carbocycles. The molecular weight excluding hydrogens is 274 g/mol. The van der Waals surface area contributed by atoms with Crippen LogP contribution in [0.2, 0.25) is 19.6 Å². The number of benzene rings is 1. The summed E-state index contributed by atoms with van der Waals surface area (Å²) in [5.74, 6) is 0.536. The van der Waals surface area contributed by atoms with Crippen LogP contribution in [0.1, 0.15) is 31.9 Å². The molecule has 3 heteroatoms. The van der Waals surface area contributed by atoms with Crippen LogP contribution < -0.4 is 5.32 Å². The molecule has 2 atom stereocenters. The monoisotopic (exact) mass is 305 g/mol. The van der Waals surface area contributed by atoms with Crippen LogP contribution in [0.3, 0.4) is 0 Å². The molecular formula is C18H31NOSi. The topological polar surface area (TPSA) is 32.3 Å². The summed E-state index contributed by atoms with van der Waals surface area (Å²) in [6.45, 7) is 11.6. The van der Waals surface area contributed by atoms with Crippen LogP contribution in [0, 0.1) is 5.92 Å². The number of hydrogen-bond acceptors (Lipinski definition) is 2. The van der Waals surface area contributed by atoms with Crippen LogP contribution >= 0.6 is 0 Å². The van der Waals surface area contributed by atoms with Gasteiger partial charge in [0.25, 0.3) is 0 Å². The van der Waals surface area contributed by atoms with E-state index in [2.05, 4.69) is 62.7 Å². The van der Waals surface area contributed by atoms with Crippen molar-refractivity contribution in [3.8, 4) is 0 Å². The van der Waals surface area contributed by atoms with E-state index in [1.807, 2.05) is 18.2 Å². The lowest BCUT2D eigenvalue weighted by Gasteiger charge is -2.27. The average molecular weight is 306 g/mol. The van der Waals surface area contributed by atoms with Gasteiger partial charge in [-0.2, -0.15) is 0 Å². The molecule has 0 bridgehead atoms. The van der Waals surface area contributed by atoms with Crippen molar-refractivity contribution in [2.24, 2.45) is 5.92 Å². The minimum atomic E-state index is -1.13. The molecule has 2 N–H and O–H groups in total. The lowest BCUT2D eigenvalue weighted by molar-refractivity contribution is 0.221. The molecule has 0 saturated carbocycles. The third kappa shape index (κ3) is 7.07. The molecule has 0 radical (unpaired) electrons. The number of aliphatic hydroxyl groups excluding tert-OH is 1. The summed E-state index contributed by atoms with van der Waals surface area (Å²) in [5, 5.41) is 13.3. The third-order valence-electron chi connectivity index (χ3n) is 3.61. The molecule has 0 spiro atoms. The average Bonchev–Trinajstić information content (AvgIpc) is 2.42.